The van der Waals surface area contributed by atoms with Crippen LogP contribution in [0.3, 0.4) is 0 Å². The molecule has 0 aliphatic rings. The number of nitrogens with zero attached hydrogens (tertiary/aromatic N) is 1. The van der Waals surface area contributed by atoms with Gasteiger partial charge in [-0.1, -0.05) is 0 Å². The number of hydrogen-bond acceptors (Lipinski definition) is 5. The number of carbonyl (C=O) groups is 1. The number of nitrogens with two attached hydrogens (primary N) is 2. The summed E-state index contributed by atoms with van der Waals surface area (Å²) in [5.74, 6) is 0.609. The number of aromatic nitrogens is 1. The number of pyridine rings is 1. The summed E-state index contributed by atoms with van der Waals surface area (Å²) >= 11 is 0. The van der Waals surface area contributed by atoms with Crippen LogP contribution in [0, 0.1) is 0 Å². The summed E-state index contributed by atoms with van der Waals surface area (Å²) in [6, 6.07) is 3.46. The van der Waals surface area contributed by atoms with Crippen molar-refractivity contribution in [2.45, 2.75) is 45.8 Å². The molecular weight excluding hydrogens is 244 g/mol. The lowest BCUT2D eigenvalue weighted by Crippen LogP contribution is -2.36. The Morgan fingerprint density at radius 1 is 1.47 bits per heavy atom. The fourth-order valence-electron chi connectivity index (χ4n) is 1.66. The Balaban J connectivity index is 2.87. The van der Waals surface area contributed by atoms with Gasteiger partial charge in [-0.3, -0.25) is 4.79 Å². The molecule has 0 unspecified atom stereocenters. The minimum atomic E-state index is -0.482. The summed E-state index contributed by atoms with van der Waals surface area (Å²) in [5.41, 5.74) is 11.0. The standard InChI is InChI=1S/C13H22N4O2/c1-8(2)19-12-9(14)5-6-11(16-12)17-13(3,4)7-10(15)18/h5-6,8H,7,14H2,1-4H3,(H2,15,18)(H,16,17). The molecule has 1 aromatic heterocycles. The predicted molar refractivity (Wildman–Crippen MR) is 75.9 cm³/mol. The number of ether oxygens (including phenoxy) is 1. The third-order valence-corrected chi connectivity index (χ3v) is 2.32. The molecule has 0 aromatic carbocycles. The zero-order valence-corrected chi connectivity index (χ0v) is 11.9. The summed E-state index contributed by atoms with van der Waals surface area (Å²) in [6.07, 6.45) is 0.197. The van der Waals surface area contributed by atoms with E-state index in [0.29, 0.717) is 17.4 Å². The first-order valence-electron chi connectivity index (χ1n) is 6.19. The van der Waals surface area contributed by atoms with Crippen molar-refractivity contribution in [2.75, 3.05) is 11.1 Å². The lowest BCUT2D eigenvalue weighted by atomic mass is 10.0. The van der Waals surface area contributed by atoms with Gasteiger partial charge in [0.2, 0.25) is 11.8 Å². The van der Waals surface area contributed by atoms with Crippen LogP contribution in [0.2, 0.25) is 0 Å². The molecule has 0 aliphatic heterocycles. The van der Waals surface area contributed by atoms with Crippen LogP contribution >= 0.6 is 0 Å². The summed E-state index contributed by atoms with van der Waals surface area (Å²) in [7, 11) is 0. The van der Waals surface area contributed by atoms with E-state index < -0.39 is 5.54 Å². The maximum Gasteiger partial charge on any atom is 0.239 e. The minimum Gasteiger partial charge on any atom is -0.473 e. The Morgan fingerprint density at radius 2 is 2.11 bits per heavy atom. The molecule has 6 heteroatoms. The van der Waals surface area contributed by atoms with Crippen LogP contribution in [0.15, 0.2) is 12.1 Å². The normalized spacial score (nSPS) is 11.4. The van der Waals surface area contributed by atoms with Crippen molar-refractivity contribution >= 4 is 17.4 Å². The Labute approximate surface area is 113 Å². The number of amides is 1. The molecule has 0 radical (unpaired) electrons. The lowest BCUT2D eigenvalue weighted by Gasteiger charge is -2.25. The van der Waals surface area contributed by atoms with E-state index in [1.54, 1.807) is 12.1 Å². The third kappa shape index (κ3) is 5.03. The molecule has 106 valence electrons. The highest BCUT2D eigenvalue weighted by Gasteiger charge is 2.21. The first-order valence-corrected chi connectivity index (χ1v) is 6.19. The Bertz CT molecular complexity index is 458. The third-order valence-electron chi connectivity index (χ3n) is 2.32. The van der Waals surface area contributed by atoms with Crippen molar-refractivity contribution in [3.63, 3.8) is 0 Å². The molecule has 1 rings (SSSR count). The molecule has 5 N–H and O–H groups in total. The van der Waals surface area contributed by atoms with Crippen LogP contribution in [-0.4, -0.2) is 22.5 Å². The van der Waals surface area contributed by atoms with Gasteiger partial charge in [-0.15, -0.1) is 0 Å². The molecule has 1 amide bonds. The van der Waals surface area contributed by atoms with Crippen LogP contribution in [0.1, 0.15) is 34.1 Å². The van der Waals surface area contributed by atoms with Gasteiger partial charge in [-0.25, -0.2) is 0 Å². The van der Waals surface area contributed by atoms with Crippen LogP contribution in [0.25, 0.3) is 0 Å². The van der Waals surface area contributed by atoms with Gasteiger partial charge in [0.25, 0.3) is 0 Å². The number of hydrogen-bond donors (Lipinski definition) is 3. The van der Waals surface area contributed by atoms with Gasteiger partial charge < -0.3 is 21.5 Å². The maximum atomic E-state index is 11.0. The Morgan fingerprint density at radius 3 is 2.63 bits per heavy atom. The molecule has 0 fully saturated rings. The van der Waals surface area contributed by atoms with E-state index in [1.165, 1.54) is 0 Å². The van der Waals surface area contributed by atoms with E-state index in [1.807, 2.05) is 27.7 Å². The molecule has 0 spiro atoms. The largest absolute Gasteiger partial charge is 0.473 e. The van der Waals surface area contributed by atoms with Gasteiger partial charge in [0, 0.05) is 12.0 Å². The number of nitrogen functional groups attached to an aromatic ring is 1. The molecule has 19 heavy (non-hydrogen) atoms. The van der Waals surface area contributed by atoms with Gasteiger partial charge in [0.15, 0.2) is 0 Å². The highest BCUT2D eigenvalue weighted by atomic mass is 16.5. The van der Waals surface area contributed by atoms with Crippen molar-refractivity contribution in [2.24, 2.45) is 5.73 Å². The van der Waals surface area contributed by atoms with E-state index in [-0.39, 0.29) is 18.4 Å². The second kappa shape index (κ2) is 5.77. The zero-order valence-electron chi connectivity index (χ0n) is 11.9. The quantitative estimate of drug-likeness (QED) is 0.724. The smallest absolute Gasteiger partial charge is 0.239 e. The summed E-state index contributed by atoms with van der Waals surface area (Å²) in [4.78, 5) is 15.3. The molecule has 0 saturated carbocycles. The second-order valence-electron chi connectivity index (χ2n) is 5.41. The highest BCUT2D eigenvalue weighted by Crippen LogP contribution is 2.24. The molecule has 0 saturated heterocycles. The number of carbonyl (C=O) groups excluding carboxylic acids is 1. The highest BCUT2D eigenvalue weighted by molar-refractivity contribution is 5.75. The van der Waals surface area contributed by atoms with E-state index in [9.17, 15) is 4.79 Å². The molecule has 6 nitrogen and oxygen atoms in total. The zero-order chi connectivity index (χ0) is 14.6. The monoisotopic (exact) mass is 266 g/mol. The van der Waals surface area contributed by atoms with Gasteiger partial charge in [-0.2, -0.15) is 4.98 Å². The topological polar surface area (TPSA) is 103 Å². The second-order valence-corrected chi connectivity index (χ2v) is 5.41. The number of anilines is 2. The fraction of sp³-hybridized carbons (Fsp3) is 0.538. The van der Waals surface area contributed by atoms with Crippen molar-refractivity contribution in [3.8, 4) is 5.88 Å². The minimum absolute atomic E-state index is 0.0105. The molecule has 1 aromatic rings. The van der Waals surface area contributed by atoms with Crippen molar-refractivity contribution < 1.29 is 9.53 Å². The van der Waals surface area contributed by atoms with Crippen LogP contribution in [0.4, 0.5) is 11.5 Å². The lowest BCUT2D eigenvalue weighted by molar-refractivity contribution is -0.118. The summed E-state index contributed by atoms with van der Waals surface area (Å²) in [6.45, 7) is 7.55. The first-order chi connectivity index (χ1) is 8.69. The van der Waals surface area contributed by atoms with E-state index in [0.717, 1.165) is 0 Å². The molecule has 0 aliphatic carbocycles. The van der Waals surface area contributed by atoms with Crippen molar-refractivity contribution in [3.05, 3.63) is 12.1 Å². The molecule has 1 heterocycles. The van der Waals surface area contributed by atoms with Gasteiger partial charge in [-0.05, 0) is 39.8 Å². The molecular formula is C13H22N4O2. The Hall–Kier alpha value is -1.98. The van der Waals surface area contributed by atoms with Crippen molar-refractivity contribution in [1.29, 1.82) is 0 Å². The maximum absolute atomic E-state index is 11.0. The molecule has 0 bridgehead atoms. The van der Waals surface area contributed by atoms with E-state index in [2.05, 4.69) is 10.3 Å². The van der Waals surface area contributed by atoms with Gasteiger partial charge in [0.1, 0.15) is 5.82 Å². The summed E-state index contributed by atoms with van der Waals surface area (Å²) < 4.78 is 5.51. The van der Waals surface area contributed by atoms with Crippen molar-refractivity contribution in [1.82, 2.24) is 4.98 Å². The fourth-order valence-corrected chi connectivity index (χ4v) is 1.66. The number of nitrogens with one attached hydrogen (secondary N) is 1. The number of primary amides is 1. The van der Waals surface area contributed by atoms with E-state index in [4.69, 9.17) is 16.2 Å². The van der Waals surface area contributed by atoms with E-state index >= 15 is 0 Å². The SMILES string of the molecule is CC(C)Oc1nc(NC(C)(C)CC(N)=O)ccc1N. The molecule has 0 atom stereocenters. The predicted octanol–water partition coefficient (Wildman–Crippen LogP) is 1.52. The van der Waals surface area contributed by atoms with Gasteiger partial charge in [0.05, 0.1) is 11.8 Å². The summed E-state index contributed by atoms with van der Waals surface area (Å²) in [5, 5.41) is 3.14. The average molecular weight is 266 g/mol. The number of rotatable bonds is 6. The Kier molecular flexibility index (Phi) is 4.58. The van der Waals surface area contributed by atoms with Crippen LogP contribution < -0.4 is 21.5 Å². The first kappa shape index (κ1) is 15.1. The van der Waals surface area contributed by atoms with Gasteiger partial charge >= 0.3 is 0 Å². The van der Waals surface area contributed by atoms with Crippen LogP contribution in [-0.2, 0) is 4.79 Å². The van der Waals surface area contributed by atoms with Crippen LogP contribution in [0.5, 0.6) is 5.88 Å². The average Bonchev–Trinajstić information content (AvgIpc) is 2.19.